The van der Waals surface area contributed by atoms with Crippen molar-refractivity contribution in [3.8, 4) is 18.1 Å². The minimum absolute atomic E-state index is 0.221. The largest absolute Gasteiger partial charge is 0.491 e. The Morgan fingerprint density at radius 3 is 2.27 bits per heavy atom. The van der Waals surface area contributed by atoms with Gasteiger partial charge in [0.05, 0.1) is 6.10 Å². The van der Waals surface area contributed by atoms with Crippen LogP contribution >= 0.6 is 0 Å². The summed E-state index contributed by atoms with van der Waals surface area (Å²) in [5, 5.41) is 0. The zero-order valence-electron chi connectivity index (χ0n) is 9.66. The van der Waals surface area contributed by atoms with Gasteiger partial charge in [0, 0.05) is 6.42 Å². The van der Waals surface area contributed by atoms with Crippen LogP contribution in [-0.4, -0.2) is 6.10 Å². The molecule has 1 heteroatoms. The smallest absolute Gasteiger partial charge is 0.119 e. The molecule has 0 aromatic heterocycles. The summed E-state index contributed by atoms with van der Waals surface area (Å²) in [7, 11) is 0. The van der Waals surface area contributed by atoms with Crippen molar-refractivity contribution in [2.75, 3.05) is 0 Å². The normalized spacial score (nSPS) is 12.2. The maximum atomic E-state index is 5.57. The Kier molecular flexibility index (Phi) is 4.24. The quantitative estimate of drug-likeness (QED) is 0.678. The monoisotopic (exact) mass is 202 g/mol. The molecule has 1 aromatic rings. The molecule has 0 spiro atoms. The van der Waals surface area contributed by atoms with Crippen molar-refractivity contribution in [1.82, 2.24) is 0 Å². The first-order valence-electron chi connectivity index (χ1n) is 5.33. The molecule has 0 radical (unpaired) electrons. The van der Waals surface area contributed by atoms with Crippen molar-refractivity contribution in [3.05, 3.63) is 29.8 Å². The van der Waals surface area contributed by atoms with Crippen LogP contribution in [0.25, 0.3) is 0 Å². The number of ether oxygens (including phenoxy) is 1. The summed E-state index contributed by atoms with van der Waals surface area (Å²) < 4.78 is 5.57. The maximum Gasteiger partial charge on any atom is 0.119 e. The zero-order chi connectivity index (χ0) is 11.3. The van der Waals surface area contributed by atoms with Gasteiger partial charge in [0.1, 0.15) is 5.75 Å². The van der Waals surface area contributed by atoms with Crippen LogP contribution in [0.4, 0.5) is 0 Å². The Labute approximate surface area is 92.5 Å². The first-order chi connectivity index (χ1) is 7.13. The van der Waals surface area contributed by atoms with Crippen LogP contribution in [0.1, 0.15) is 38.7 Å². The van der Waals surface area contributed by atoms with Gasteiger partial charge in [0.2, 0.25) is 0 Å². The fourth-order valence-electron chi connectivity index (χ4n) is 1.44. The average Bonchev–Trinajstić information content (AvgIpc) is 2.18. The average molecular weight is 202 g/mol. The Morgan fingerprint density at radius 1 is 1.20 bits per heavy atom. The highest BCUT2D eigenvalue weighted by molar-refractivity contribution is 5.29. The molecule has 0 saturated heterocycles. The molecule has 1 unspecified atom stereocenters. The van der Waals surface area contributed by atoms with Gasteiger partial charge in [-0.05, 0) is 37.5 Å². The Morgan fingerprint density at radius 2 is 1.80 bits per heavy atom. The lowest BCUT2D eigenvalue weighted by Gasteiger charge is -2.12. The second kappa shape index (κ2) is 5.46. The van der Waals surface area contributed by atoms with E-state index in [0.29, 0.717) is 5.92 Å². The minimum atomic E-state index is 0.221. The third kappa shape index (κ3) is 3.67. The summed E-state index contributed by atoms with van der Waals surface area (Å²) >= 11 is 0. The predicted molar refractivity (Wildman–Crippen MR) is 64.1 cm³/mol. The van der Waals surface area contributed by atoms with E-state index in [1.54, 1.807) is 0 Å². The summed E-state index contributed by atoms with van der Waals surface area (Å²) in [5.74, 6) is 4.02. The van der Waals surface area contributed by atoms with Crippen molar-refractivity contribution in [2.24, 2.45) is 0 Å². The molecule has 1 nitrogen and oxygen atoms in total. The van der Waals surface area contributed by atoms with E-state index < -0.39 is 0 Å². The molecule has 15 heavy (non-hydrogen) atoms. The second-order valence-electron chi connectivity index (χ2n) is 4.04. The topological polar surface area (TPSA) is 9.23 Å². The Bertz CT molecular complexity index is 329. The highest BCUT2D eigenvalue weighted by Crippen LogP contribution is 2.21. The first kappa shape index (κ1) is 11.7. The van der Waals surface area contributed by atoms with Crippen LogP contribution in [0, 0.1) is 12.3 Å². The summed E-state index contributed by atoms with van der Waals surface area (Å²) in [6, 6.07) is 8.17. The fraction of sp³-hybridized carbons (Fsp3) is 0.429. The highest BCUT2D eigenvalue weighted by Gasteiger charge is 2.04. The van der Waals surface area contributed by atoms with E-state index in [9.17, 15) is 0 Å². The minimum Gasteiger partial charge on any atom is -0.491 e. The van der Waals surface area contributed by atoms with Gasteiger partial charge in [0.15, 0.2) is 0 Å². The predicted octanol–water partition coefficient (Wildman–Crippen LogP) is 3.60. The van der Waals surface area contributed by atoms with Gasteiger partial charge in [-0.2, -0.15) is 0 Å². The molecule has 0 aliphatic heterocycles. The molecule has 1 aromatic carbocycles. The van der Waals surface area contributed by atoms with Gasteiger partial charge in [-0.1, -0.05) is 19.1 Å². The van der Waals surface area contributed by atoms with Gasteiger partial charge >= 0.3 is 0 Å². The molecule has 80 valence electrons. The second-order valence-corrected chi connectivity index (χ2v) is 4.04. The number of rotatable bonds is 4. The van der Waals surface area contributed by atoms with Crippen LogP contribution in [0.5, 0.6) is 5.75 Å². The van der Waals surface area contributed by atoms with Crippen molar-refractivity contribution < 1.29 is 4.74 Å². The van der Waals surface area contributed by atoms with Crippen molar-refractivity contribution >= 4 is 0 Å². The summed E-state index contributed by atoms with van der Waals surface area (Å²) in [5.41, 5.74) is 1.27. The number of benzene rings is 1. The molecule has 0 aliphatic carbocycles. The van der Waals surface area contributed by atoms with Crippen LogP contribution in [-0.2, 0) is 0 Å². The van der Waals surface area contributed by atoms with Crippen LogP contribution < -0.4 is 4.74 Å². The lowest BCUT2D eigenvalue weighted by molar-refractivity contribution is 0.242. The van der Waals surface area contributed by atoms with Gasteiger partial charge in [-0.15, -0.1) is 12.3 Å². The third-order valence-electron chi connectivity index (χ3n) is 2.24. The van der Waals surface area contributed by atoms with Crippen LogP contribution in [0.3, 0.4) is 0 Å². The SMILES string of the molecule is C#CCC(C)c1ccc(OC(C)C)cc1. The Hall–Kier alpha value is -1.42. The summed E-state index contributed by atoms with van der Waals surface area (Å²) in [4.78, 5) is 0. The molecule has 1 rings (SSSR count). The van der Waals surface area contributed by atoms with Crippen LogP contribution in [0.15, 0.2) is 24.3 Å². The molecule has 0 bridgehead atoms. The summed E-state index contributed by atoms with van der Waals surface area (Å²) in [6.07, 6.45) is 6.29. The third-order valence-corrected chi connectivity index (χ3v) is 2.24. The van der Waals surface area contributed by atoms with Crippen molar-refractivity contribution in [2.45, 2.75) is 39.2 Å². The summed E-state index contributed by atoms with van der Waals surface area (Å²) in [6.45, 7) is 6.18. The fourth-order valence-corrected chi connectivity index (χ4v) is 1.44. The lowest BCUT2D eigenvalue weighted by Crippen LogP contribution is -2.05. The number of hydrogen-bond donors (Lipinski definition) is 0. The molecule has 0 aliphatic rings. The number of hydrogen-bond acceptors (Lipinski definition) is 1. The van der Waals surface area contributed by atoms with E-state index in [2.05, 4.69) is 25.0 Å². The van der Waals surface area contributed by atoms with E-state index >= 15 is 0 Å². The molecule has 1 atom stereocenters. The van der Waals surface area contributed by atoms with E-state index in [-0.39, 0.29) is 6.10 Å². The zero-order valence-corrected chi connectivity index (χ0v) is 9.66. The van der Waals surface area contributed by atoms with Gasteiger partial charge < -0.3 is 4.74 Å². The van der Waals surface area contributed by atoms with Gasteiger partial charge in [-0.3, -0.25) is 0 Å². The molecule has 0 amide bonds. The van der Waals surface area contributed by atoms with Crippen LogP contribution in [0.2, 0.25) is 0 Å². The number of terminal acetylenes is 1. The van der Waals surface area contributed by atoms with E-state index in [0.717, 1.165) is 12.2 Å². The van der Waals surface area contributed by atoms with Gasteiger partial charge in [-0.25, -0.2) is 0 Å². The standard InChI is InChI=1S/C14H18O/c1-5-6-12(4)13-7-9-14(10-8-13)15-11(2)3/h1,7-12H,6H2,2-4H3. The highest BCUT2D eigenvalue weighted by atomic mass is 16.5. The molecular formula is C14H18O. The van der Waals surface area contributed by atoms with E-state index in [1.807, 2.05) is 26.0 Å². The molecule has 0 saturated carbocycles. The molecule has 0 fully saturated rings. The van der Waals surface area contributed by atoms with E-state index in [4.69, 9.17) is 11.2 Å². The lowest BCUT2D eigenvalue weighted by atomic mass is 9.98. The Balaban J connectivity index is 2.68. The molecule has 0 N–H and O–H groups in total. The van der Waals surface area contributed by atoms with Gasteiger partial charge in [0.25, 0.3) is 0 Å². The van der Waals surface area contributed by atoms with Crippen molar-refractivity contribution in [3.63, 3.8) is 0 Å². The molecule has 0 heterocycles. The maximum absolute atomic E-state index is 5.57. The van der Waals surface area contributed by atoms with E-state index in [1.165, 1.54) is 5.56 Å². The molecular weight excluding hydrogens is 184 g/mol. The first-order valence-corrected chi connectivity index (χ1v) is 5.33. The van der Waals surface area contributed by atoms with Crippen molar-refractivity contribution in [1.29, 1.82) is 0 Å².